The highest BCUT2D eigenvalue weighted by Gasteiger charge is 2.17. The molecule has 0 aliphatic carbocycles. The maximum absolute atomic E-state index is 12.4. The van der Waals surface area contributed by atoms with Crippen LogP contribution in [0.1, 0.15) is 21.5 Å². The van der Waals surface area contributed by atoms with Crippen molar-refractivity contribution in [2.45, 2.75) is 13.0 Å². The van der Waals surface area contributed by atoms with Gasteiger partial charge in [-0.05, 0) is 54.4 Å². The summed E-state index contributed by atoms with van der Waals surface area (Å²) in [4.78, 5) is 12.4. The van der Waals surface area contributed by atoms with Crippen LogP contribution in [0.25, 0.3) is 0 Å². The first-order valence-corrected chi connectivity index (χ1v) is 6.66. The second-order valence-electron chi connectivity index (χ2n) is 4.87. The molecule has 2 aromatic rings. The third kappa shape index (κ3) is 2.51. The molecular formula is C16H16N2O2. The molecule has 0 saturated heterocycles. The lowest BCUT2D eigenvalue weighted by Gasteiger charge is -2.20. The van der Waals surface area contributed by atoms with Crippen molar-refractivity contribution >= 4 is 11.6 Å². The Bertz CT molecular complexity index is 635. The van der Waals surface area contributed by atoms with Crippen molar-refractivity contribution in [3.63, 3.8) is 0 Å². The van der Waals surface area contributed by atoms with Gasteiger partial charge in [-0.3, -0.25) is 4.79 Å². The second kappa shape index (κ2) is 5.35. The summed E-state index contributed by atoms with van der Waals surface area (Å²) in [7, 11) is 0. The molecule has 0 fully saturated rings. The lowest BCUT2D eigenvalue weighted by atomic mass is 9.95. The Labute approximate surface area is 117 Å². The number of rotatable bonds is 2. The number of benzene rings is 2. The second-order valence-corrected chi connectivity index (χ2v) is 4.87. The Morgan fingerprint density at radius 1 is 1.15 bits per heavy atom. The van der Waals surface area contributed by atoms with Gasteiger partial charge in [-0.2, -0.15) is 0 Å². The van der Waals surface area contributed by atoms with Gasteiger partial charge in [0.15, 0.2) is 0 Å². The average Bonchev–Trinajstić information content (AvgIpc) is 2.49. The predicted molar refractivity (Wildman–Crippen MR) is 77.9 cm³/mol. The van der Waals surface area contributed by atoms with Crippen LogP contribution in [0.3, 0.4) is 0 Å². The number of carbonyl (C=O) groups is 1. The van der Waals surface area contributed by atoms with E-state index in [9.17, 15) is 9.90 Å². The van der Waals surface area contributed by atoms with Crippen LogP contribution in [-0.4, -0.2) is 17.6 Å². The van der Waals surface area contributed by atoms with Crippen LogP contribution in [0.5, 0.6) is 5.75 Å². The zero-order chi connectivity index (χ0) is 13.9. The number of nitrogens with one attached hydrogen (secondary N) is 2. The first kappa shape index (κ1) is 12.7. The monoisotopic (exact) mass is 268 g/mol. The van der Waals surface area contributed by atoms with Gasteiger partial charge in [0.25, 0.3) is 5.91 Å². The van der Waals surface area contributed by atoms with Crippen LogP contribution in [0, 0.1) is 0 Å². The van der Waals surface area contributed by atoms with Gasteiger partial charge in [0.2, 0.25) is 0 Å². The fourth-order valence-electron chi connectivity index (χ4n) is 2.47. The van der Waals surface area contributed by atoms with Gasteiger partial charge in [0.1, 0.15) is 5.75 Å². The molecule has 0 bridgehead atoms. The summed E-state index contributed by atoms with van der Waals surface area (Å²) < 4.78 is 0. The Morgan fingerprint density at radius 3 is 2.75 bits per heavy atom. The lowest BCUT2D eigenvalue weighted by Crippen LogP contribution is -2.27. The largest absolute Gasteiger partial charge is 0.508 e. The summed E-state index contributed by atoms with van der Waals surface area (Å²) in [5.74, 6) is 0.0699. The Balaban J connectivity index is 1.85. The first-order valence-electron chi connectivity index (χ1n) is 6.66. The number of anilines is 1. The number of hydrogen-bond acceptors (Lipinski definition) is 3. The number of phenolic OH excluding ortho intramolecular Hbond substituents is 1. The molecule has 0 spiro atoms. The van der Waals surface area contributed by atoms with Crippen molar-refractivity contribution < 1.29 is 9.90 Å². The Morgan fingerprint density at radius 2 is 1.95 bits per heavy atom. The highest BCUT2D eigenvalue weighted by molar-refractivity contribution is 6.05. The van der Waals surface area contributed by atoms with E-state index in [0.29, 0.717) is 11.3 Å². The number of hydrogen-bond donors (Lipinski definition) is 3. The molecule has 102 valence electrons. The SMILES string of the molecule is O=C(Nc1ccc(O)cc1)c1cccc2c1CNCC2. The van der Waals surface area contributed by atoms with Crippen LogP contribution >= 0.6 is 0 Å². The van der Waals surface area contributed by atoms with E-state index in [0.717, 1.165) is 25.1 Å². The highest BCUT2D eigenvalue weighted by atomic mass is 16.3. The molecule has 20 heavy (non-hydrogen) atoms. The molecular weight excluding hydrogens is 252 g/mol. The van der Waals surface area contributed by atoms with E-state index in [1.165, 1.54) is 5.56 Å². The van der Waals surface area contributed by atoms with Crippen molar-refractivity contribution in [3.8, 4) is 5.75 Å². The van der Waals surface area contributed by atoms with Gasteiger partial charge in [0, 0.05) is 17.8 Å². The zero-order valence-corrected chi connectivity index (χ0v) is 11.0. The third-order valence-corrected chi connectivity index (χ3v) is 3.52. The van der Waals surface area contributed by atoms with Gasteiger partial charge in [0.05, 0.1) is 0 Å². The van der Waals surface area contributed by atoms with E-state index < -0.39 is 0 Å². The van der Waals surface area contributed by atoms with Crippen molar-refractivity contribution in [1.82, 2.24) is 5.32 Å². The minimum Gasteiger partial charge on any atom is -0.508 e. The van der Waals surface area contributed by atoms with E-state index in [-0.39, 0.29) is 11.7 Å². The van der Waals surface area contributed by atoms with E-state index in [1.807, 2.05) is 12.1 Å². The third-order valence-electron chi connectivity index (χ3n) is 3.52. The molecule has 1 heterocycles. The Hall–Kier alpha value is -2.33. The molecule has 1 amide bonds. The highest BCUT2D eigenvalue weighted by Crippen LogP contribution is 2.20. The quantitative estimate of drug-likeness (QED) is 0.732. The standard InChI is InChI=1S/C16H16N2O2/c19-13-6-4-12(5-7-13)18-16(20)14-3-1-2-11-8-9-17-10-15(11)14/h1-7,17,19H,8-10H2,(H,18,20). The van der Waals surface area contributed by atoms with E-state index in [4.69, 9.17) is 0 Å². The minimum absolute atomic E-state index is 0.115. The number of carbonyl (C=O) groups excluding carboxylic acids is 1. The van der Waals surface area contributed by atoms with Gasteiger partial charge in [-0.1, -0.05) is 12.1 Å². The molecule has 0 unspecified atom stereocenters. The first-order chi connectivity index (χ1) is 9.74. The van der Waals surface area contributed by atoms with E-state index in [2.05, 4.69) is 16.7 Å². The summed E-state index contributed by atoms with van der Waals surface area (Å²) in [5, 5.41) is 15.4. The average molecular weight is 268 g/mol. The van der Waals surface area contributed by atoms with Gasteiger partial charge in [-0.15, -0.1) is 0 Å². The molecule has 3 rings (SSSR count). The maximum Gasteiger partial charge on any atom is 0.255 e. The maximum atomic E-state index is 12.4. The van der Waals surface area contributed by atoms with Crippen LogP contribution in [0.2, 0.25) is 0 Å². The fourth-order valence-corrected chi connectivity index (χ4v) is 2.47. The van der Waals surface area contributed by atoms with Crippen molar-refractivity contribution in [3.05, 3.63) is 59.2 Å². The summed E-state index contributed by atoms with van der Waals surface area (Å²) >= 11 is 0. The van der Waals surface area contributed by atoms with Gasteiger partial charge in [-0.25, -0.2) is 0 Å². The molecule has 1 aliphatic rings. The molecule has 2 aromatic carbocycles. The number of fused-ring (bicyclic) bond motifs is 1. The number of phenols is 1. The van der Waals surface area contributed by atoms with Gasteiger partial charge < -0.3 is 15.7 Å². The predicted octanol–water partition coefficient (Wildman–Crippen LogP) is 2.29. The van der Waals surface area contributed by atoms with E-state index >= 15 is 0 Å². The molecule has 0 aromatic heterocycles. The molecule has 0 saturated carbocycles. The van der Waals surface area contributed by atoms with Crippen LogP contribution in [-0.2, 0) is 13.0 Å². The smallest absolute Gasteiger partial charge is 0.255 e. The number of aromatic hydroxyl groups is 1. The van der Waals surface area contributed by atoms with Crippen LogP contribution < -0.4 is 10.6 Å². The molecule has 3 N–H and O–H groups in total. The van der Waals surface area contributed by atoms with Crippen LogP contribution in [0.4, 0.5) is 5.69 Å². The summed E-state index contributed by atoms with van der Waals surface area (Å²) in [5.41, 5.74) is 3.70. The lowest BCUT2D eigenvalue weighted by molar-refractivity contribution is 0.102. The minimum atomic E-state index is -0.115. The Kier molecular flexibility index (Phi) is 3.39. The van der Waals surface area contributed by atoms with Crippen LogP contribution in [0.15, 0.2) is 42.5 Å². The fraction of sp³-hybridized carbons (Fsp3) is 0.188. The summed E-state index contributed by atoms with van der Waals surface area (Å²) in [6, 6.07) is 12.3. The summed E-state index contributed by atoms with van der Waals surface area (Å²) in [6.07, 6.45) is 0.954. The normalized spacial score (nSPS) is 13.6. The molecule has 0 atom stereocenters. The zero-order valence-electron chi connectivity index (χ0n) is 11.0. The molecule has 0 radical (unpaired) electrons. The molecule has 1 aliphatic heterocycles. The van der Waals surface area contributed by atoms with Crippen molar-refractivity contribution in [1.29, 1.82) is 0 Å². The molecule has 4 nitrogen and oxygen atoms in total. The van der Waals surface area contributed by atoms with E-state index in [1.54, 1.807) is 24.3 Å². The molecule has 4 heteroatoms. The topological polar surface area (TPSA) is 61.4 Å². The van der Waals surface area contributed by atoms with Gasteiger partial charge >= 0.3 is 0 Å². The number of amides is 1. The van der Waals surface area contributed by atoms with Crippen molar-refractivity contribution in [2.24, 2.45) is 0 Å². The summed E-state index contributed by atoms with van der Waals surface area (Å²) in [6.45, 7) is 1.69. The van der Waals surface area contributed by atoms with Crippen molar-refractivity contribution in [2.75, 3.05) is 11.9 Å².